The molecule has 32 heavy (non-hydrogen) atoms. The van der Waals surface area contributed by atoms with Crippen molar-refractivity contribution >= 4 is 22.9 Å². The number of aryl methyl sites for hydroxylation is 2. The number of piperazine rings is 1. The van der Waals surface area contributed by atoms with Crippen LogP contribution in [0.4, 0.5) is 5.82 Å². The molecule has 0 radical (unpaired) electrons. The number of carbonyl (C=O) groups is 1. The number of piperidine rings is 2. The lowest BCUT2D eigenvalue weighted by molar-refractivity contribution is 0.0494. The molecule has 0 N–H and O–H groups in total. The summed E-state index contributed by atoms with van der Waals surface area (Å²) in [6.45, 7) is 10.2. The Labute approximate surface area is 186 Å². The molecular weight excluding hydrogens is 408 g/mol. The first-order chi connectivity index (χ1) is 15.1. The number of hydrogen-bond acceptors (Lipinski definition) is 6. The highest BCUT2D eigenvalue weighted by Gasteiger charge is 2.42. The number of hydrogen-bond donors (Lipinski definition) is 0. The van der Waals surface area contributed by atoms with Crippen LogP contribution in [0.5, 0.6) is 0 Å². The molecule has 2 bridgehead atoms. The first-order valence-electron chi connectivity index (χ1n) is 11.2. The minimum Gasteiger partial charge on any atom is -0.361 e. The molecule has 9 heteroatoms. The van der Waals surface area contributed by atoms with Gasteiger partial charge in [0.15, 0.2) is 11.3 Å². The lowest BCUT2D eigenvalue weighted by Gasteiger charge is -2.51. The molecule has 3 aliphatic rings. The maximum absolute atomic E-state index is 12.9. The van der Waals surface area contributed by atoms with Gasteiger partial charge in [-0.2, -0.15) is 0 Å². The van der Waals surface area contributed by atoms with E-state index in [0.717, 1.165) is 30.7 Å². The molecule has 2 unspecified atom stereocenters. The van der Waals surface area contributed by atoms with Crippen LogP contribution in [0.2, 0.25) is 0 Å². The van der Waals surface area contributed by atoms with Crippen molar-refractivity contribution < 1.29 is 9.32 Å². The van der Waals surface area contributed by atoms with E-state index in [1.807, 2.05) is 21.6 Å². The van der Waals surface area contributed by atoms with Gasteiger partial charge in [0.2, 0.25) is 0 Å². The lowest BCUT2D eigenvalue weighted by atomic mass is 9.90. The van der Waals surface area contributed by atoms with Gasteiger partial charge in [-0.1, -0.05) is 25.9 Å². The van der Waals surface area contributed by atoms with Gasteiger partial charge < -0.3 is 14.3 Å². The van der Waals surface area contributed by atoms with Crippen LogP contribution in [0, 0.1) is 12.3 Å². The summed E-state index contributed by atoms with van der Waals surface area (Å²) in [5, 5.41) is 3.90. The van der Waals surface area contributed by atoms with E-state index >= 15 is 0 Å². The first kappa shape index (κ1) is 20.8. The van der Waals surface area contributed by atoms with Gasteiger partial charge in [-0.05, 0) is 37.3 Å². The number of carbonyl (C=O) groups excluding carboxylic acids is 1. The standard InChI is InChI=1S/C23H30N6O3/c1-14-10-17(25-32-14)21(30)28-12-15-6-7-16(28)11-27(15)19-9-8-18-20(24-19)26(5)22(31)29(18)13-23(2,3)4/h8-10,15-16H,6-7,11-13H2,1-5H3. The van der Waals surface area contributed by atoms with E-state index in [-0.39, 0.29) is 29.1 Å². The number of fused-ring (bicyclic) bond motifs is 4. The molecule has 0 spiro atoms. The van der Waals surface area contributed by atoms with Crippen molar-refractivity contribution in [1.29, 1.82) is 0 Å². The van der Waals surface area contributed by atoms with Crippen molar-refractivity contribution in [1.82, 2.24) is 24.2 Å². The molecule has 9 nitrogen and oxygen atoms in total. The van der Waals surface area contributed by atoms with Crippen molar-refractivity contribution in [2.75, 3.05) is 18.0 Å². The van der Waals surface area contributed by atoms with E-state index in [0.29, 0.717) is 30.2 Å². The highest BCUT2D eigenvalue weighted by molar-refractivity contribution is 5.92. The average Bonchev–Trinajstić information content (AvgIpc) is 3.29. The topological polar surface area (TPSA) is 89.4 Å². The number of aromatic nitrogens is 4. The predicted octanol–water partition coefficient (Wildman–Crippen LogP) is 2.57. The second-order valence-electron chi connectivity index (χ2n) is 10.3. The maximum Gasteiger partial charge on any atom is 0.330 e. The molecule has 3 aromatic rings. The van der Waals surface area contributed by atoms with Crippen LogP contribution in [-0.2, 0) is 13.6 Å². The molecule has 3 aliphatic heterocycles. The van der Waals surface area contributed by atoms with E-state index in [4.69, 9.17) is 9.51 Å². The van der Waals surface area contributed by atoms with Crippen LogP contribution < -0.4 is 10.6 Å². The molecule has 0 aliphatic carbocycles. The van der Waals surface area contributed by atoms with Gasteiger partial charge in [0.05, 0.1) is 5.52 Å². The number of pyridine rings is 1. The number of imidazole rings is 1. The second-order valence-corrected chi connectivity index (χ2v) is 10.3. The number of anilines is 1. The first-order valence-corrected chi connectivity index (χ1v) is 11.2. The minimum absolute atomic E-state index is 0.0127. The van der Waals surface area contributed by atoms with Crippen LogP contribution in [0.1, 0.15) is 49.9 Å². The smallest absolute Gasteiger partial charge is 0.330 e. The summed E-state index contributed by atoms with van der Waals surface area (Å²) < 4.78 is 8.54. The Morgan fingerprint density at radius 1 is 1.19 bits per heavy atom. The molecule has 0 saturated carbocycles. The van der Waals surface area contributed by atoms with Gasteiger partial charge in [-0.25, -0.2) is 9.78 Å². The van der Waals surface area contributed by atoms with Crippen molar-refractivity contribution in [2.45, 2.75) is 59.2 Å². The fourth-order valence-corrected chi connectivity index (χ4v) is 5.02. The van der Waals surface area contributed by atoms with Gasteiger partial charge in [0.25, 0.3) is 5.91 Å². The van der Waals surface area contributed by atoms with E-state index in [9.17, 15) is 9.59 Å². The van der Waals surface area contributed by atoms with Crippen LogP contribution in [0.25, 0.3) is 11.2 Å². The predicted molar refractivity (Wildman–Crippen MR) is 121 cm³/mol. The van der Waals surface area contributed by atoms with Gasteiger partial charge in [0, 0.05) is 44.8 Å². The van der Waals surface area contributed by atoms with E-state index < -0.39 is 0 Å². The Balaban J connectivity index is 1.43. The summed E-state index contributed by atoms with van der Waals surface area (Å²) in [7, 11) is 1.78. The second kappa shape index (κ2) is 7.21. The van der Waals surface area contributed by atoms with Crippen molar-refractivity contribution in [3.8, 4) is 0 Å². The number of amides is 1. The summed E-state index contributed by atoms with van der Waals surface area (Å²) in [6, 6.07) is 6.01. The molecule has 0 aromatic carbocycles. The van der Waals surface area contributed by atoms with Gasteiger partial charge >= 0.3 is 5.69 Å². The molecule has 6 heterocycles. The van der Waals surface area contributed by atoms with Crippen LogP contribution >= 0.6 is 0 Å². The minimum atomic E-state index is -0.0683. The van der Waals surface area contributed by atoms with Gasteiger partial charge in [0.1, 0.15) is 11.6 Å². The summed E-state index contributed by atoms with van der Waals surface area (Å²) in [4.78, 5) is 34.9. The molecule has 3 fully saturated rings. The van der Waals surface area contributed by atoms with Crippen LogP contribution in [0.15, 0.2) is 27.5 Å². The van der Waals surface area contributed by atoms with Crippen LogP contribution in [-0.4, -0.2) is 55.3 Å². The average molecular weight is 439 g/mol. The molecular formula is C23H30N6O3. The third-order valence-corrected chi connectivity index (χ3v) is 6.53. The van der Waals surface area contributed by atoms with E-state index in [2.05, 4.69) is 30.8 Å². The quantitative estimate of drug-likeness (QED) is 0.624. The number of rotatable bonds is 3. The molecule has 6 rings (SSSR count). The third-order valence-electron chi connectivity index (χ3n) is 6.53. The Morgan fingerprint density at radius 2 is 1.94 bits per heavy atom. The Kier molecular flexibility index (Phi) is 4.69. The molecule has 3 aromatic heterocycles. The van der Waals surface area contributed by atoms with E-state index in [1.54, 1.807) is 24.6 Å². The molecule has 170 valence electrons. The third kappa shape index (κ3) is 3.40. The Bertz CT molecular complexity index is 1250. The zero-order valence-electron chi connectivity index (χ0n) is 19.3. The van der Waals surface area contributed by atoms with Crippen molar-refractivity contribution in [2.24, 2.45) is 12.5 Å². The summed E-state index contributed by atoms with van der Waals surface area (Å²) >= 11 is 0. The van der Waals surface area contributed by atoms with Gasteiger partial charge in [-0.3, -0.25) is 13.9 Å². The summed E-state index contributed by atoms with van der Waals surface area (Å²) in [5.41, 5.74) is 1.87. The van der Waals surface area contributed by atoms with Crippen molar-refractivity contribution in [3.05, 3.63) is 40.1 Å². The van der Waals surface area contributed by atoms with E-state index in [1.165, 1.54) is 0 Å². The zero-order valence-corrected chi connectivity index (χ0v) is 19.3. The highest BCUT2D eigenvalue weighted by Crippen LogP contribution is 2.33. The largest absolute Gasteiger partial charge is 0.361 e. The number of nitrogens with zero attached hydrogens (tertiary/aromatic N) is 6. The fraction of sp³-hybridized carbons (Fsp3) is 0.565. The summed E-state index contributed by atoms with van der Waals surface area (Å²) in [6.07, 6.45) is 1.97. The SMILES string of the molecule is Cc1cc(C(=O)N2CC3CCC2CN3c2ccc3c(n2)n(C)c(=O)n3CC(C)(C)C)no1. The zero-order chi connectivity index (χ0) is 22.8. The fourth-order valence-electron chi connectivity index (χ4n) is 5.02. The molecule has 2 atom stereocenters. The maximum atomic E-state index is 12.9. The highest BCUT2D eigenvalue weighted by atomic mass is 16.5. The summed E-state index contributed by atoms with van der Waals surface area (Å²) in [5.74, 6) is 1.43. The van der Waals surface area contributed by atoms with Gasteiger partial charge in [-0.15, -0.1) is 0 Å². The lowest BCUT2D eigenvalue weighted by Crippen LogP contribution is -2.64. The Morgan fingerprint density at radius 3 is 2.56 bits per heavy atom. The Hall–Kier alpha value is -3.10. The normalized spacial score (nSPS) is 21.0. The molecule has 1 amide bonds. The monoisotopic (exact) mass is 438 g/mol. The molecule has 3 saturated heterocycles. The van der Waals surface area contributed by atoms with Crippen molar-refractivity contribution in [3.63, 3.8) is 0 Å². The van der Waals surface area contributed by atoms with Crippen LogP contribution in [0.3, 0.4) is 0 Å².